The van der Waals surface area contributed by atoms with Gasteiger partial charge in [0, 0.05) is 59.5 Å². The van der Waals surface area contributed by atoms with Crippen LogP contribution in [0, 0.1) is 5.41 Å². The number of pyridine rings is 1. The van der Waals surface area contributed by atoms with Crippen molar-refractivity contribution < 1.29 is 4.79 Å². The highest BCUT2D eigenvalue weighted by atomic mass is 28.3. The highest BCUT2D eigenvalue weighted by molar-refractivity contribution is 6.96. The quantitative estimate of drug-likeness (QED) is 0.142. The molecule has 5 aromatic heterocycles. The maximum Gasteiger partial charge on any atom is 0.169 e. The Morgan fingerprint density at radius 1 is 0.478 bits per heavy atom. The number of nitrogens with zero attached hydrogens (tertiary/aromatic N) is 3. The van der Waals surface area contributed by atoms with Crippen molar-refractivity contribution in [1.82, 2.24) is 13.8 Å². The van der Waals surface area contributed by atoms with Crippen molar-refractivity contribution in [2.75, 3.05) is 0 Å². The second kappa shape index (κ2) is 14.0. The van der Waals surface area contributed by atoms with Crippen LogP contribution in [-0.2, 0) is 16.2 Å². The first-order valence-corrected chi connectivity index (χ1v) is 31.7. The molecule has 4 aromatic carbocycles. The lowest BCUT2D eigenvalue weighted by atomic mass is 9.65. The number of hydrogen-bond acceptors (Lipinski definition) is 2. The van der Waals surface area contributed by atoms with Gasteiger partial charge in [-0.25, -0.2) is 0 Å². The van der Waals surface area contributed by atoms with Gasteiger partial charge in [0.05, 0.1) is 61.1 Å². The fraction of sp³-hybridized carbons (Fsp3) is 0.524. The van der Waals surface area contributed by atoms with Crippen LogP contribution in [-0.4, -0.2) is 35.7 Å². The van der Waals surface area contributed by atoms with E-state index in [2.05, 4.69) is 188 Å². The minimum absolute atomic E-state index is 0.00213. The molecule has 4 nitrogen and oxygen atoms in total. The molecule has 0 N–H and O–H groups in total. The third-order valence-corrected chi connectivity index (χ3v) is 35.0. The Morgan fingerprint density at radius 2 is 0.884 bits per heavy atom. The summed E-state index contributed by atoms with van der Waals surface area (Å²) < 4.78 is 5.27. The van der Waals surface area contributed by atoms with Crippen molar-refractivity contribution in [2.45, 2.75) is 206 Å². The normalized spacial score (nSPS) is 22.1. The van der Waals surface area contributed by atoms with E-state index in [1.165, 1.54) is 93.0 Å². The second-order valence-electron chi connectivity index (χ2n) is 27.2. The zero-order chi connectivity index (χ0) is 49.3. The summed E-state index contributed by atoms with van der Waals surface area (Å²) >= 11 is 0. The second-order valence-corrected chi connectivity index (χ2v) is 39.1. The Morgan fingerprint density at radius 3 is 1.36 bits per heavy atom. The third-order valence-electron chi connectivity index (χ3n) is 20.9. The van der Waals surface area contributed by atoms with Gasteiger partial charge in [-0.3, -0.25) is 9.78 Å². The van der Waals surface area contributed by atoms with Crippen LogP contribution in [0.4, 0.5) is 0 Å². The molecule has 6 heteroatoms. The Balaban J connectivity index is 1.30. The predicted octanol–water partition coefficient (Wildman–Crippen LogP) is 17.1. The first-order valence-electron chi connectivity index (χ1n) is 27.2. The van der Waals surface area contributed by atoms with Crippen LogP contribution in [0.1, 0.15) is 184 Å². The molecule has 0 saturated heterocycles. The number of carbonyl (C=O) groups excluding carboxylic acids is 1. The highest BCUT2D eigenvalue weighted by Crippen LogP contribution is 2.57. The molecule has 4 aliphatic carbocycles. The number of hydrogen-bond donors (Lipinski definition) is 0. The molecule has 1 fully saturated rings. The number of Topliss-reactive ketones (excluding diaryl/α,β-unsaturated/α-hetero) is 1. The minimum atomic E-state index is -2.11. The van der Waals surface area contributed by atoms with E-state index in [9.17, 15) is 4.79 Å². The van der Waals surface area contributed by atoms with Gasteiger partial charge in [0.1, 0.15) is 0 Å². The van der Waals surface area contributed by atoms with Gasteiger partial charge in [0.25, 0.3) is 0 Å². The third kappa shape index (κ3) is 5.37. The van der Waals surface area contributed by atoms with Crippen molar-refractivity contribution in [2.24, 2.45) is 5.41 Å². The summed E-state index contributed by atoms with van der Waals surface area (Å²) in [7, 11) is -4.22. The van der Waals surface area contributed by atoms with Gasteiger partial charge in [-0.1, -0.05) is 159 Å². The largest absolute Gasteiger partial charge is 0.308 e. The molecule has 0 radical (unpaired) electrons. The van der Waals surface area contributed by atoms with E-state index in [4.69, 9.17) is 4.98 Å². The van der Waals surface area contributed by atoms with Crippen molar-refractivity contribution >= 4 is 108 Å². The van der Waals surface area contributed by atoms with Crippen molar-refractivity contribution in [3.05, 3.63) is 77.1 Å². The van der Waals surface area contributed by atoms with E-state index in [0.29, 0.717) is 39.0 Å². The standard InChI is InChI=1S/C63H79N3OSi2/c1-33(2)68(34(3)4,35(5)6)39-23-44-41-27-49-47(59(67)63(18)21-19-62(49,17)20-22-63)30-52(41)65-50-28-43-46-25-40(69(36(7)8,37(9)10)38(11)12)26-48-54-53(31-64-58-55(54)60(13,14)32-61(58,15)16)66(57(46)48)51(43)29-42(50)45(24-39)56(44)65/h23-31,33-38H,19-22,32H2,1-18H3. The van der Waals surface area contributed by atoms with Gasteiger partial charge in [-0.05, 0) is 112 Å². The maximum absolute atomic E-state index is 14.9. The molecule has 4 aliphatic rings. The molecular formula is C63H79N3OSi2. The smallest absolute Gasteiger partial charge is 0.169 e. The number of benzene rings is 4. The predicted molar refractivity (Wildman–Crippen MR) is 304 cm³/mol. The summed E-state index contributed by atoms with van der Waals surface area (Å²) in [6.07, 6.45) is 7.44. The van der Waals surface area contributed by atoms with Crippen LogP contribution >= 0.6 is 0 Å². The average Bonchev–Trinajstić information content (AvgIpc) is 3.99. The molecule has 0 amide bonds. The number of carbonyl (C=O) groups is 1. The van der Waals surface area contributed by atoms with Crippen LogP contribution in [0.2, 0.25) is 33.2 Å². The SMILES string of the molecule is CC(C)[Si](c1cc2c3cc4c(cc3n3c5cc6c7cc([Si](C(C)C)(C(C)C)C(C)C)cc8c9c%10c(ncc9n(c6cc5c(c1)c23)c78)C(C)(C)CC%10(C)C)C(=O)C1(C)CCC4(C)CC1)(C(C)C)C(C)C. The van der Waals surface area contributed by atoms with Crippen molar-refractivity contribution in [3.63, 3.8) is 0 Å². The minimum Gasteiger partial charge on any atom is -0.308 e. The maximum atomic E-state index is 14.9. The number of ketones is 1. The van der Waals surface area contributed by atoms with E-state index in [1.807, 2.05) is 0 Å². The van der Waals surface area contributed by atoms with E-state index < -0.39 is 16.1 Å². The monoisotopic (exact) mass is 950 g/mol. The molecule has 5 heterocycles. The first-order chi connectivity index (χ1) is 32.3. The summed E-state index contributed by atoms with van der Waals surface area (Å²) in [4.78, 5) is 20.4. The zero-order valence-corrected chi connectivity index (χ0v) is 47.4. The number of fused-ring (bicyclic) bond motifs is 16. The van der Waals surface area contributed by atoms with E-state index in [-0.39, 0.29) is 21.7 Å². The average molecular weight is 951 g/mol. The zero-order valence-electron chi connectivity index (χ0n) is 45.4. The topological polar surface area (TPSA) is 38.8 Å². The molecule has 0 aliphatic heterocycles. The Labute approximate surface area is 413 Å². The molecule has 69 heavy (non-hydrogen) atoms. The molecule has 0 spiro atoms. The number of aromatic nitrogens is 3. The van der Waals surface area contributed by atoms with Crippen LogP contribution in [0.5, 0.6) is 0 Å². The molecule has 0 atom stereocenters. The lowest BCUT2D eigenvalue weighted by Crippen LogP contribution is -2.55. The van der Waals surface area contributed by atoms with E-state index in [0.717, 1.165) is 37.7 Å². The summed E-state index contributed by atoms with van der Waals surface area (Å²) in [5.41, 5.74) is 15.9. The molecule has 1 saturated carbocycles. The van der Waals surface area contributed by atoms with Gasteiger partial charge in [-0.2, -0.15) is 0 Å². The molecule has 2 bridgehead atoms. The van der Waals surface area contributed by atoms with Crippen LogP contribution in [0.25, 0.3) is 76.2 Å². The summed E-state index contributed by atoms with van der Waals surface area (Å²) in [5.74, 6) is 0.364. The highest BCUT2D eigenvalue weighted by Gasteiger charge is 2.51. The molecule has 360 valence electrons. The fourth-order valence-electron chi connectivity index (χ4n) is 18.4. The van der Waals surface area contributed by atoms with Crippen molar-refractivity contribution in [1.29, 1.82) is 0 Å². The summed E-state index contributed by atoms with van der Waals surface area (Å²) in [5, 5.41) is 14.2. The molecule has 13 rings (SSSR count). The van der Waals surface area contributed by atoms with Crippen LogP contribution in [0.3, 0.4) is 0 Å². The fourth-order valence-corrected chi connectivity index (χ4v) is 32.0. The van der Waals surface area contributed by atoms with Crippen molar-refractivity contribution in [3.8, 4) is 0 Å². The van der Waals surface area contributed by atoms with E-state index in [1.54, 1.807) is 10.4 Å². The van der Waals surface area contributed by atoms with Gasteiger partial charge in [0.2, 0.25) is 0 Å². The Kier molecular flexibility index (Phi) is 9.32. The van der Waals surface area contributed by atoms with Gasteiger partial charge in [-0.15, -0.1) is 0 Å². The van der Waals surface area contributed by atoms with Gasteiger partial charge < -0.3 is 8.80 Å². The molecular weight excluding hydrogens is 871 g/mol. The van der Waals surface area contributed by atoms with Gasteiger partial charge in [0.15, 0.2) is 5.78 Å². The Hall–Kier alpha value is -4.27. The summed E-state index contributed by atoms with van der Waals surface area (Å²) in [6, 6.07) is 20.8. The Bertz CT molecular complexity index is 3630. The lowest BCUT2D eigenvalue weighted by molar-refractivity contribution is 0.0732. The van der Waals surface area contributed by atoms with E-state index >= 15 is 0 Å². The lowest BCUT2D eigenvalue weighted by Gasteiger charge is -2.44. The number of rotatable bonds is 8. The summed E-state index contributed by atoms with van der Waals surface area (Å²) in [6.45, 7) is 44.7. The van der Waals surface area contributed by atoms with Crippen LogP contribution < -0.4 is 10.4 Å². The first kappa shape index (κ1) is 45.8. The molecule has 9 aromatic rings. The van der Waals surface area contributed by atoms with Gasteiger partial charge >= 0.3 is 0 Å². The van der Waals surface area contributed by atoms with Crippen LogP contribution in [0.15, 0.2) is 54.7 Å². The molecule has 0 unspecified atom stereocenters.